The molecule has 1 N–H and O–H groups in total. The van der Waals surface area contributed by atoms with Gasteiger partial charge in [0.1, 0.15) is 0 Å². The minimum atomic E-state index is -0.0793. The van der Waals surface area contributed by atoms with E-state index in [1.54, 1.807) is 0 Å². The predicted octanol–water partition coefficient (Wildman–Crippen LogP) is 5.05. The fraction of sp³-hybridized carbons (Fsp3) is 0.667. The van der Waals surface area contributed by atoms with Gasteiger partial charge in [-0.25, -0.2) is 0 Å². The van der Waals surface area contributed by atoms with Crippen molar-refractivity contribution in [2.75, 3.05) is 6.54 Å². The monoisotopic (exact) mass is 366 g/mol. The molecule has 0 spiro atoms. The highest BCUT2D eigenvalue weighted by molar-refractivity contribution is 6.31. The van der Waals surface area contributed by atoms with E-state index in [9.17, 15) is 4.79 Å². The van der Waals surface area contributed by atoms with Gasteiger partial charge in [-0.05, 0) is 49.3 Å². The number of aryl methyl sites for hydroxylation is 1. The van der Waals surface area contributed by atoms with Gasteiger partial charge in [0.2, 0.25) is 5.91 Å². The number of rotatable bonds is 4. The second kappa shape index (κ2) is 10.2. The van der Waals surface area contributed by atoms with Crippen LogP contribution in [0.15, 0.2) is 18.2 Å². The third kappa shape index (κ3) is 7.79. The van der Waals surface area contributed by atoms with Crippen molar-refractivity contribution in [2.24, 2.45) is 11.8 Å². The third-order valence-corrected chi connectivity index (χ3v) is 4.52. The first-order valence-corrected chi connectivity index (χ1v) is 9.77. The van der Waals surface area contributed by atoms with Crippen molar-refractivity contribution in [3.05, 3.63) is 34.3 Å². The second-order valence-corrected chi connectivity index (χ2v) is 8.66. The fourth-order valence-corrected chi connectivity index (χ4v) is 3.04. The molecule has 1 aliphatic heterocycles. The minimum absolute atomic E-state index is 0.0793. The van der Waals surface area contributed by atoms with Crippen LogP contribution in [0, 0.1) is 18.8 Å². The van der Waals surface area contributed by atoms with Gasteiger partial charge < -0.3 is 5.32 Å². The van der Waals surface area contributed by atoms with E-state index in [4.69, 9.17) is 11.6 Å². The molecule has 25 heavy (non-hydrogen) atoms. The SMILES string of the molecule is CC(C)C.Cc1cc(CN2CC(CC(C)C)NC(=O)C2C)ccc1Cl. The molecular weight excluding hydrogens is 332 g/mol. The van der Waals surface area contributed by atoms with Crippen LogP contribution in [0.4, 0.5) is 0 Å². The van der Waals surface area contributed by atoms with Crippen LogP contribution in [-0.2, 0) is 11.3 Å². The number of hydrogen-bond acceptors (Lipinski definition) is 2. The molecule has 0 aliphatic carbocycles. The quantitative estimate of drug-likeness (QED) is 0.808. The molecule has 3 nitrogen and oxygen atoms in total. The molecule has 2 rings (SSSR count). The summed E-state index contributed by atoms with van der Waals surface area (Å²) in [5.41, 5.74) is 2.30. The minimum Gasteiger partial charge on any atom is -0.351 e. The second-order valence-electron chi connectivity index (χ2n) is 8.26. The first-order valence-electron chi connectivity index (χ1n) is 9.39. The maximum absolute atomic E-state index is 12.1. The molecule has 1 aromatic rings. The summed E-state index contributed by atoms with van der Waals surface area (Å²) in [6, 6.07) is 6.27. The predicted molar refractivity (Wildman–Crippen MR) is 108 cm³/mol. The number of carbonyl (C=O) groups is 1. The zero-order valence-corrected chi connectivity index (χ0v) is 17.7. The van der Waals surface area contributed by atoms with E-state index < -0.39 is 0 Å². The maximum Gasteiger partial charge on any atom is 0.237 e. The van der Waals surface area contributed by atoms with Gasteiger partial charge in [0, 0.05) is 24.2 Å². The highest BCUT2D eigenvalue weighted by Gasteiger charge is 2.31. The summed E-state index contributed by atoms with van der Waals surface area (Å²) in [7, 11) is 0. The number of carbonyl (C=O) groups excluding carboxylic acids is 1. The first kappa shape index (κ1) is 22.0. The van der Waals surface area contributed by atoms with Crippen molar-refractivity contribution in [3.8, 4) is 0 Å². The van der Waals surface area contributed by atoms with Crippen molar-refractivity contribution in [3.63, 3.8) is 0 Å². The smallest absolute Gasteiger partial charge is 0.237 e. The molecule has 1 heterocycles. The number of hydrogen-bond donors (Lipinski definition) is 1. The lowest BCUT2D eigenvalue weighted by Gasteiger charge is -2.38. The summed E-state index contributed by atoms with van der Waals surface area (Å²) >= 11 is 6.08. The molecular formula is C21H35ClN2O. The normalized spacial score (nSPS) is 21.1. The number of amides is 1. The van der Waals surface area contributed by atoms with E-state index >= 15 is 0 Å². The Morgan fingerprint density at radius 2 is 1.84 bits per heavy atom. The topological polar surface area (TPSA) is 32.3 Å². The number of nitrogens with zero attached hydrogens (tertiary/aromatic N) is 1. The lowest BCUT2D eigenvalue weighted by atomic mass is 9.99. The van der Waals surface area contributed by atoms with Crippen LogP contribution in [0.2, 0.25) is 5.02 Å². The lowest BCUT2D eigenvalue weighted by molar-refractivity contribution is -0.130. The van der Waals surface area contributed by atoms with Crippen molar-refractivity contribution in [1.29, 1.82) is 0 Å². The summed E-state index contributed by atoms with van der Waals surface area (Å²) in [6.45, 7) is 16.6. The molecule has 1 saturated heterocycles. The Balaban J connectivity index is 0.000000705. The molecule has 1 fully saturated rings. The number of benzene rings is 1. The third-order valence-electron chi connectivity index (χ3n) is 4.09. The Kier molecular flexibility index (Phi) is 8.95. The van der Waals surface area contributed by atoms with Crippen LogP contribution >= 0.6 is 11.6 Å². The van der Waals surface area contributed by atoms with Crippen LogP contribution in [0.1, 0.15) is 59.1 Å². The molecule has 0 radical (unpaired) electrons. The van der Waals surface area contributed by atoms with Gasteiger partial charge in [0.15, 0.2) is 0 Å². The largest absolute Gasteiger partial charge is 0.351 e. The summed E-state index contributed by atoms with van der Waals surface area (Å²) in [5, 5.41) is 3.92. The molecule has 0 saturated carbocycles. The maximum atomic E-state index is 12.1. The van der Waals surface area contributed by atoms with Gasteiger partial charge in [-0.2, -0.15) is 0 Å². The van der Waals surface area contributed by atoms with Gasteiger partial charge in [0.25, 0.3) is 0 Å². The Hall–Kier alpha value is -1.06. The van der Waals surface area contributed by atoms with Gasteiger partial charge in [-0.3, -0.25) is 9.69 Å². The lowest BCUT2D eigenvalue weighted by Crippen LogP contribution is -2.58. The average molecular weight is 367 g/mol. The van der Waals surface area contributed by atoms with Gasteiger partial charge in [-0.1, -0.05) is 58.4 Å². The fourth-order valence-electron chi connectivity index (χ4n) is 2.92. The van der Waals surface area contributed by atoms with E-state index in [0.717, 1.165) is 36.0 Å². The molecule has 2 unspecified atom stereocenters. The molecule has 1 amide bonds. The molecule has 0 aromatic heterocycles. The van der Waals surface area contributed by atoms with Gasteiger partial charge >= 0.3 is 0 Å². The zero-order chi connectivity index (χ0) is 19.1. The summed E-state index contributed by atoms with van der Waals surface area (Å²) in [6.07, 6.45) is 1.02. The molecule has 142 valence electrons. The standard InChI is InChI=1S/C17H25ClN2O.C4H10/c1-11(2)7-15-10-20(13(4)17(21)19-15)9-14-5-6-16(18)12(3)8-14;1-4(2)3/h5-6,8,11,13,15H,7,9-10H2,1-4H3,(H,19,21);4H,1-3H3. The Morgan fingerprint density at radius 3 is 2.36 bits per heavy atom. The van der Waals surface area contributed by atoms with Gasteiger partial charge in [0.05, 0.1) is 6.04 Å². The molecule has 2 atom stereocenters. The van der Waals surface area contributed by atoms with Crippen LogP contribution in [-0.4, -0.2) is 29.4 Å². The highest BCUT2D eigenvalue weighted by atomic mass is 35.5. The zero-order valence-electron chi connectivity index (χ0n) is 16.9. The van der Waals surface area contributed by atoms with E-state index in [1.165, 1.54) is 5.56 Å². The Morgan fingerprint density at radius 1 is 1.24 bits per heavy atom. The van der Waals surface area contributed by atoms with Crippen molar-refractivity contribution < 1.29 is 4.79 Å². The summed E-state index contributed by atoms with van der Waals surface area (Å²) in [4.78, 5) is 14.4. The average Bonchev–Trinajstić information content (AvgIpc) is 2.47. The van der Waals surface area contributed by atoms with E-state index in [-0.39, 0.29) is 18.0 Å². The van der Waals surface area contributed by atoms with Crippen molar-refractivity contribution in [1.82, 2.24) is 10.2 Å². The van der Waals surface area contributed by atoms with Crippen LogP contribution in [0.5, 0.6) is 0 Å². The Labute approximate surface area is 159 Å². The van der Waals surface area contributed by atoms with Crippen LogP contribution in [0.3, 0.4) is 0 Å². The Bertz CT molecular complexity index is 554. The molecule has 1 aromatic carbocycles. The molecule has 4 heteroatoms. The summed E-state index contributed by atoms with van der Waals surface area (Å²) < 4.78 is 0. The number of halogens is 1. The van der Waals surface area contributed by atoms with E-state index in [2.05, 4.69) is 50.9 Å². The number of nitrogens with one attached hydrogen (secondary N) is 1. The van der Waals surface area contributed by atoms with Gasteiger partial charge in [-0.15, -0.1) is 0 Å². The summed E-state index contributed by atoms with van der Waals surface area (Å²) in [5.74, 6) is 1.56. The van der Waals surface area contributed by atoms with Crippen LogP contribution < -0.4 is 5.32 Å². The van der Waals surface area contributed by atoms with E-state index in [0.29, 0.717) is 5.92 Å². The van der Waals surface area contributed by atoms with E-state index in [1.807, 2.05) is 26.0 Å². The first-order chi connectivity index (χ1) is 11.6. The highest BCUT2D eigenvalue weighted by Crippen LogP contribution is 2.20. The molecule has 0 bridgehead atoms. The van der Waals surface area contributed by atoms with Crippen LogP contribution in [0.25, 0.3) is 0 Å². The molecule has 1 aliphatic rings. The van der Waals surface area contributed by atoms with Crippen molar-refractivity contribution >= 4 is 17.5 Å². The van der Waals surface area contributed by atoms with Crippen molar-refractivity contribution in [2.45, 2.75) is 73.5 Å². The number of piperazine rings is 1.